The predicted molar refractivity (Wildman–Crippen MR) is 124 cm³/mol. The van der Waals surface area contributed by atoms with Crippen LogP contribution in [0.5, 0.6) is 11.5 Å². The third-order valence-corrected chi connectivity index (χ3v) is 5.99. The lowest BCUT2D eigenvalue weighted by atomic mass is 9.93. The Morgan fingerprint density at radius 2 is 1.79 bits per heavy atom. The molecule has 1 aliphatic carbocycles. The van der Waals surface area contributed by atoms with Crippen molar-refractivity contribution in [1.29, 1.82) is 0 Å². The molecule has 8 heteroatoms. The SMILES string of the molecule is CCOc1cc(/C=C2\C(=O)NC(=O)N(C3CCCCC3)C2=O)ccc1OCc1ccccc1F. The first kappa shape index (κ1) is 23.5. The quantitative estimate of drug-likeness (QED) is 0.476. The molecule has 2 fully saturated rings. The number of benzene rings is 2. The number of imide groups is 2. The molecule has 1 saturated heterocycles. The maximum atomic E-state index is 13.9. The number of hydrogen-bond donors (Lipinski definition) is 1. The highest BCUT2D eigenvalue weighted by atomic mass is 19.1. The van der Waals surface area contributed by atoms with Crippen LogP contribution in [0.3, 0.4) is 0 Å². The molecule has 0 aromatic heterocycles. The summed E-state index contributed by atoms with van der Waals surface area (Å²) in [6.07, 6.45) is 5.89. The summed E-state index contributed by atoms with van der Waals surface area (Å²) in [4.78, 5) is 39.2. The Hall–Kier alpha value is -3.68. The van der Waals surface area contributed by atoms with E-state index >= 15 is 0 Å². The van der Waals surface area contributed by atoms with Gasteiger partial charge in [-0.05, 0) is 49.6 Å². The largest absolute Gasteiger partial charge is 0.490 e. The van der Waals surface area contributed by atoms with Gasteiger partial charge in [0.1, 0.15) is 18.0 Å². The van der Waals surface area contributed by atoms with E-state index in [2.05, 4.69) is 5.32 Å². The van der Waals surface area contributed by atoms with Crippen LogP contribution >= 0.6 is 0 Å². The molecule has 4 rings (SSSR count). The molecule has 1 N–H and O–H groups in total. The van der Waals surface area contributed by atoms with E-state index in [0.29, 0.717) is 29.2 Å². The van der Waals surface area contributed by atoms with Crippen LogP contribution in [-0.2, 0) is 16.2 Å². The Bertz CT molecular complexity index is 1120. The van der Waals surface area contributed by atoms with Crippen molar-refractivity contribution in [2.75, 3.05) is 6.61 Å². The lowest BCUT2D eigenvalue weighted by molar-refractivity contribution is -0.132. The van der Waals surface area contributed by atoms with Gasteiger partial charge in [0.15, 0.2) is 11.5 Å². The summed E-state index contributed by atoms with van der Waals surface area (Å²) in [5, 5.41) is 2.29. The average Bonchev–Trinajstić information content (AvgIpc) is 2.83. The zero-order valence-electron chi connectivity index (χ0n) is 19.0. The van der Waals surface area contributed by atoms with Crippen LogP contribution in [0.2, 0.25) is 0 Å². The van der Waals surface area contributed by atoms with Crippen LogP contribution in [0, 0.1) is 5.82 Å². The Morgan fingerprint density at radius 1 is 1.03 bits per heavy atom. The van der Waals surface area contributed by atoms with Crippen LogP contribution in [0.4, 0.5) is 9.18 Å². The number of carbonyl (C=O) groups is 3. The first-order valence-electron chi connectivity index (χ1n) is 11.5. The number of barbiturate groups is 1. The number of amides is 4. The summed E-state index contributed by atoms with van der Waals surface area (Å²) in [6.45, 7) is 2.20. The molecule has 0 bridgehead atoms. The highest BCUT2D eigenvalue weighted by Gasteiger charge is 2.40. The van der Waals surface area contributed by atoms with Crippen molar-refractivity contribution in [1.82, 2.24) is 10.2 Å². The molecule has 0 spiro atoms. The predicted octanol–water partition coefficient (Wildman–Crippen LogP) is 4.60. The molecule has 1 saturated carbocycles. The van der Waals surface area contributed by atoms with Crippen LogP contribution in [0.15, 0.2) is 48.0 Å². The van der Waals surface area contributed by atoms with E-state index in [9.17, 15) is 18.8 Å². The minimum Gasteiger partial charge on any atom is -0.490 e. The topological polar surface area (TPSA) is 84.9 Å². The fourth-order valence-corrected chi connectivity index (χ4v) is 4.28. The van der Waals surface area contributed by atoms with Crippen molar-refractivity contribution in [3.63, 3.8) is 0 Å². The number of urea groups is 1. The molecule has 0 unspecified atom stereocenters. The number of rotatable bonds is 7. The highest BCUT2D eigenvalue weighted by Crippen LogP contribution is 2.31. The van der Waals surface area contributed by atoms with E-state index in [1.807, 2.05) is 6.92 Å². The standard InChI is InChI=1S/C26H27FN2O5/c1-2-33-23-15-17(12-13-22(23)34-16-18-8-6-7-11-21(18)27)14-20-24(30)28-26(32)29(25(20)31)19-9-4-3-5-10-19/h6-8,11-15,19H,2-5,9-10,16H2,1H3,(H,28,30,32)/b20-14+. The molecule has 34 heavy (non-hydrogen) atoms. The Labute approximate surface area is 197 Å². The van der Waals surface area contributed by atoms with E-state index in [1.54, 1.807) is 36.4 Å². The van der Waals surface area contributed by atoms with Gasteiger partial charge in [0, 0.05) is 11.6 Å². The normalized spacial score (nSPS) is 18.2. The summed E-state index contributed by atoms with van der Waals surface area (Å²) in [5.41, 5.74) is 0.846. The number of ether oxygens (including phenoxy) is 2. The molecule has 178 valence electrons. The molecule has 0 atom stereocenters. The molecular weight excluding hydrogens is 439 g/mol. The zero-order valence-corrected chi connectivity index (χ0v) is 19.0. The Morgan fingerprint density at radius 3 is 2.53 bits per heavy atom. The maximum Gasteiger partial charge on any atom is 0.331 e. The van der Waals surface area contributed by atoms with Crippen LogP contribution in [0.1, 0.15) is 50.2 Å². The number of nitrogens with zero attached hydrogens (tertiary/aromatic N) is 1. The summed E-state index contributed by atoms with van der Waals surface area (Å²) in [7, 11) is 0. The molecular formula is C26H27FN2O5. The van der Waals surface area contributed by atoms with Gasteiger partial charge in [0.2, 0.25) is 0 Å². The fourth-order valence-electron chi connectivity index (χ4n) is 4.28. The smallest absolute Gasteiger partial charge is 0.331 e. The Kier molecular flexibility index (Phi) is 7.25. The average molecular weight is 467 g/mol. The number of hydrogen-bond acceptors (Lipinski definition) is 5. The van der Waals surface area contributed by atoms with Gasteiger partial charge in [-0.1, -0.05) is 43.5 Å². The number of nitrogens with one attached hydrogen (secondary N) is 1. The van der Waals surface area contributed by atoms with E-state index in [0.717, 1.165) is 32.1 Å². The fraction of sp³-hybridized carbons (Fsp3) is 0.346. The summed E-state index contributed by atoms with van der Waals surface area (Å²) < 4.78 is 25.4. The summed E-state index contributed by atoms with van der Waals surface area (Å²) in [5.74, 6) is -0.859. The van der Waals surface area contributed by atoms with Gasteiger partial charge in [-0.3, -0.25) is 19.8 Å². The molecule has 2 aromatic carbocycles. The van der Waals surface area contributed by atoms with Gasteiger partial charge in [-0.25, -0.2) is 9.18 Å². The number of carbonyl (C=O) groups excluding carboxylic acids is 3. The molecule has 0 radical (unpaired) electrons. The molecule has 1 aliphatic heterocycles. The van der Waals surface area contributed by atoms with Crippen molar-refractivity contribution in [3.05, 3.63) is 65.0 Å². The van der Waals surface area contributed by atoms with E-state index in [1.165, 1.54) is 17.0 Å². The maximum absolute atomic E-state index is 13.9. The minimum atomic E-state index is -0.722. The van der Waals surface area contributed by atoms with Crippen LogP contribution in [0.25, 0.3) is 6.08 Å². The monoisotopic (exact) mass is 466 g/mol. The van der Waals surface area contributed by atoms with Crippen molar-refractivity contribution >= 4 is 23.9 Å². The second-order valence-corrected chi connectivity index (χ2v) is 8.30. The van der Waals surface area contributed by atoms with Gasteiger partial charge in [-0.15, -0.1) is 0 Å². The molecule has 2 aromatic rings. The highest BCUT2D eigenvalue weighted by molar-refractivity contribution is 6.31. The van der Waals surface area contributed by atoms with E-state index in [-0.39, 0.29) is 24.0 Å². The van der Waals surface area contributed by atoms with Crippen molar-refractivity contribution in [3.8, 4) is 11.5 Å². The van der Waals surface area contributed by atoms with E-state index in [4.69, 9.17) is 9.47 Å². The lowest BCUT2D eigenvalue weighted by Crippen LogP contribution is -2.58. The summed E-state index contributed by atoms with van der Waals surface area (Å²) in [6, 6.07) is 10.5. The lowest BCUT2D eigenvalue weighted by Gasteiger charge is -2.35. The molecule has 2 aliphatic rings. The zero-order chi connectivity index (χ0) is 24.1. The van der Waals surface area contributed by atoms with Gasteiger partial charge in [0.25, 0.3) is 11.8 Å². The van der Waals surface area contributed by atoms with E-state index < -0.39 is 17.8 Å². The van der Waals surface area contributed by atoms with Crippen molar-refractivity contribution in [2.45, 2.75) is 51.7 Å². The van der Waals surface area contributed by atoms with Gasteiger partial charge in [0.05, 0.1) is 6.61 Å². The first-order chi connectivity index (χ1) is 16.5. The minimum absolute atomic E-state index is 0.0204. The van der Waals surface area contributed by atoms with Gasteiger partial charge >= 0.3 is 6.03 Å². The van der Waals surface area contributed by atoms with Crippen LogP contribution in [-0.4, -0.2) is 35.4 Å². The first-order valence-corrected chi connectivity index (χ1v) is 11.5. The van der Waals surface area contributed by atoms with Crippen molar-refractivity contribution < 1.29 is 28.2 Å². The van der Waals surface area contributed by atoms with Gasteiger partial charge in [-0.2, -0.15) is 0 Å². The van der Waals surface area contributed by atoms with Crippen molar-refractivity contribution in [2.24, 2.45) is 0 Å². The third kappa shape index (κ3) is 5.11. The number of halogens is 1. The molecule has 1 heterocycles. The molecule has 7 nitrogen and oxygen atoms in total. The third-order valence-electron chi connectivity index (χ3n) is 5.99. The van der Waals surface area contributed by atoms with Crippen LogP contribution < -0.4 is 14.8 Å². The second kappa shape index (κ2) is 10.5. The second-order valence-electron chi connectivity index (χ2n) is 8.30. The molecule has 4 amide bonds. The van der Waals surface area contributed by atoms with Gasteiger partial charge < -0.3 is 9.47 Å². The summed E-state index contributed by atoms with van der Waals surface area (Å²) >= 11 is 0. The Balaban J connectivity index is 1.57.